The fourth-order valence-corrected chi connectivity index (χ4v) is 7.79. The van der Waals surface area contributed by atoms with Gasteiger partial charge in [0.05, 0.1) is 16.6 Å². The summed E-state index contributed by atoms with van der Waals surface area (Å²) in [6.45, 7) is 0. The first-order valence-corrected chi connectivity index (χ1v) is 18.0. The van der Waals surface area contributed by atoms with E-state index in [1.807, 2.05) is 0 Å². The van der Waals surface area contributed by atoms with Crippen LogP contribution in [0.15, 0.2) is 211 Å². The molecule has 0 N–H and O–H groups in total. The van der Waals surface area contributed by atoms with Crippen molar-refractivity contribution >= 4 is 44.8 Å². The Bertz CT molecular complexity index is 2820. The predicted octanol–water partition coefficient (Wildman–Crippen LogP) is 14.0. The fraction of sp³-hybridized carbons (Fsp3) is 0. The number of hydrogen-bond donors (Lipinski definition) is 0. The van der Waals surface area contributed by atoms with Crippen molar-refractivity contribution < 1.29 is 4.42 Å². The van der Waals surface area contributed by atoms with E-state index in [9.17, 15) is 0 Å². The lowest BCUT2D eigenvalue weighted by molar-refractivity contribution is 0.659. The summed E-state index contributed by atoms with van der Waals surface area (Å²) in [5, 5.41) is 1.17. The lowest BCUT2D eigenvalue weighted by Crippen LogP contribution is -2.09. The van der Waals surface area contributed by atoms with Crippen molar-refractivity contribution in [1.82, 2.24) is 4.40 Å². The molecule has 0 fully saturated rings. The molecule has 3 nitrogen and oxygen atoms in total. The molecule has 0 aliphatic carbocycles. The van der Waals surface area contributed by atoms with Gasteiger partial charge in [0.1, 0.15) is 0 Å². The van der Waals surface area contributed by atoms with Gasteiger partial charge in [-0.15, -0.1) is 0 Å². The van der Waals surface area contributed by atoms with E-state index in [1.54, 1.807) is 0 Å². The lowest BCUT2D eigenvalue weighted by atomic mass is 9.92. The van der Waals surface area contributed by atoms with Gasteiger partial charge in [-0.2, -0.15) is 0 Å². The van der Waals surface area contributed by atoms with E-state index in [0.717, 1.165) is 67.2 Å². The third kappa shape index (κ3) is 5.30. The Morgan fingerprint density at radius 1 is 0.358 bits per heavy atom. The van der Waals surface area contributed by atoms with Gasteiger partial charge in [-0.25, -0.2) is 0 Å². The lowest BCUT2D eigenvalue weighted by Gasteiger charge is -2.25. The number of para-hydroxylation sites is 3. The molecule has 0 spiro atoms. The highest BCUT2D eigenvalue weighted by molar-refractivity contribution is 6.09. The number of rotatable bonds is 7. The molecule has 0 amide bonds. The van der Waals surface area contributed by atoms with E-state index in [0.29, 0.717) is 0 Å². The van der Waals surface area contributed by atoms with Crippen LogP contribution in [-0.2, 0) is 0 Å². The molecule has 0 atom stereocenters. The zero-order chi connectivity index (χ0) is 35.1. The van der Waals surface area contributed by atoms with Crippen molar-refractivity contribution in [3.8, 4) is 44.5 Å². The molecule has 53 heavy (non-hydrogen) atoms. The normalized spacial score (nSPS) is 11.4. The highest BCUT2D eigenvalue weighted by Crippen LogP contribution is 2.45. The smallest absolute Gasteiger partial charge is 0.213 e. The van der Waals surface area contributed by atoms with Crippen molar-refractivity contribution in [2.24, 2.45) is 0 Å². The van der Waals surface area contributed by atoms with Crippen LogP contribution in [0.25, 0.3) is 72.2 Å². The summed E-state index contributed by atoms with van der Waals surface area (Å²) in [5.74, 6) is 0. The zero-order valence-corrected chi connectivity index (χ0v) is 28.9. The Kier molecular flexibility index (Phi) is 7.47. The van der Waals surface area contributed by atoms with Crippen LogP contribution in [-0.4, -0.2) is 4.40 Å². The molecular formula is C50H34N2O. The van der Waals surface area contributed by atoms with Crippen molar-refractivity contribution in [2.75, 3.05) is 4.90 Å². The standard InChI is InChI=1S/C50H34N2O/c1-5-17-35(18-6-1)42-25-13-14-26-43(42)38-33-45(36-29-31-41(32-30-36)51(39-21-9-3-10-22-39)40-23-11-4-12-24-40)49-47(34-38)52-46-28-16-15-27-44(46)48(50(52)53-49)37-19-7-2-8-20-37/h1-34H. The number of hydrogen-bond acceptors (Lipinski definition) is 2. The summed E-state index contributed by atoms with van der Waals surface area (Å²) in [6, 6.07) is 73.1. The Labute approximate surface area is 308 Å². The summed E-state index contributed by atoms with van der Waals surface area (Å²) in [7, 11) is 0. The fourth-order valence-electron chi connectivity index (χ4n) is 7.79. The van der Waals surface area contributed by atoms with Gasteiger partial charge in [0.15, 0.2) is 5.58 Å². The molecule has 0 aliphatic heterocycles. The maximum atomic E-state index is 7.08. The van der Waals surface area contributed by atoms with Crippen LogP contribution in [0.1, 0.15) is 0 Å². The molecule has 0 radical (unpaired) electrons. The number of nitrogens with zero attached hydrogens (tertiary/aromatic N) is 2. The van der Waals surface area contributed by atoms with Gasteiger partial charge in [0.2, 0.25) is 5.71 Å². The molecule has 10 aromatic rings. The van der Waals surface area contributed by atoms with Crippen molar-refractivity contribution in [3.63, 3.8) is 0 Å². The second-order valence-corrected chi connectivity index (χ2v) is 13.3. The van der Waals surface area contributed by atoms with Crippen LogP contribution in [0.4, 0.5) is 17.1 Å². The van der Waals surface area contributed by atoms with Crippen molar-refractivity contribution in [1.29, 1.82) is 0 Å². The maximum Gasteiger partial charge on any atom is 0.213 e. The topological polar surface area (TPSA) is 20.8 Å². The van der Waals surface area contributed by atoms with E-state index in [4.69, 9.17) is 4.42 Å². The van der Waals surface area contributed by atoms with Gasteiger partial charge in [-0.3, -0.25) is 4.40 Å². The summed E-state index contributed by atoms with van der Waals surface area (Å²) >= 11 is 0. The number of fused-ring (bicyclic) bond motifs is 5. The molecule has 0 saturated heterocycles. The molecule has 10 rings (SSSR count). The second-order valence-electron chi connectivity index (χ2n) is 13.3. The largest absolute Gasteiger partial charge is 0.437 e. The van der Waals surface area contributed by atoms with Gasteiger partial charge < -0.3 is 9.32 Å². The van der Waals surface area contributed by atoms with E-state index in [2.05, 4.69) is 216 Å². The highest BCUT2D eigenvalue weighted by atomic mass is 16.3. The Balaban J connectivity index is 1.23. The van der Waals surface area contributed by atoms with E-state index < -0.39 is 0 Å². The Morgan fingerprint density at radius 3 is 1.49 bits per heavy atom. The third-order valence-electron chi connectivity index (χ3n) is 10.2. The molecule has 0 bridgehead atoms. The highest BCUT2D eigenvalue weighted by Gasteiger charge is 2.23. The molecule has 2 aromatic heterocycles. The molecule has 0 saturated carbocycles. The molecule has 8 aromatic carbocycles. The Morgan fingerprint density at radius 2 is 0.849 bits per heavy atom. The van der Waals surface area contributed by atoms with Crippen LogP contribution >= 0.6 is 0 Å². The zero-order valence-electron chi connectivity index (χ0n) is 28.9. The van der Waals surface area contributed by atoms with Crippen LogP contribution in [0.2, 0.25) is 0 Å². The molecule has 250 valence electrons. The summed E-state index contributed by atoms with van der Waals surface area (Å²) in [6.07, 6.45) is 0. The molecule has 0 aliphatic rings. The first kappa shape index (κ1) is 30.7. The summed E-state index contributed by atoms with van der Waals surface area (Å²) in [4.78, 5) is 2.29. The van der Waals surface area contributed by atoms with Gasteiger partial charge >= 0.3 is 0 Å². The van der Waals surface area contributed by atoms with Crippen LogP contribution in [0.5, 0.6) is 0 Å². The minimum Gasteiger partial charge on any atom is -0.437 e. The van der Waals surface area contributed by atoms with E-state index in [1.165, 1.54) is 22.1 Å². The average Bonchev–Trinajstić information content (AvgIpc) is 3.77. The molecule has 2 heterocycles. The number of aromatic nitrogens is 1. The van der Waals surface area contributed by atoms with Crippen molar-refractivity contribution in [2.45, 2.75) is 0 Å². The summed E-state index contributed by atoms with van der Waals surface area (Å²) in [5.41, 5.74) is 16.2. The number of anilines is 3. The first-order chi connectivity index (χ1) is 26.3. The monoisotopic (exact) mass is 678 g/mol. The minimum atomic E-state index is 0.845. The SMILES string of the molecule is c1ccc(-c2ccccc2-c2cc(-c3ccc(N(c4ccccc4)c4ccccc4)cc3)c3oc4c(-c5ccccc5)c5ccccc5n4c3c2)cc1. The minimum absolute atomic E-state index is 0.845. The van der Waals surface area contributed by atoms with E-state index in [-0.39, 0.29) is 0 Å². The quantitative estimate of drug-likeness (QED) is 0.167. The number of oxazole rings is 1. The molecular weight excluding hydrogens is 645 g/mol. The Hall–Kier alpha value is -7.10. The first-order valence-electron chi connectivity index (χ1n) is 18.0. The predicted molar refractivity (Wildman–Crippen MR) is 221 cm³/mol. The van der Waals surface area contributed by atoms with Crippen LogP contribution < -0.4 is 4.90 Å². The van der Waals surface area contributed by atoms with Gasteiger partial charge in [0.25, 0.3) is 0 Å². The number of benzene rings is 8. The third-order valence-corrected chi connectivity index (χ3v) is 10.2. The van der Waals surface area contributed by atoms with Gasteiger partial charge in [-0.1, -0.05) is 152 Å². The summed E-state index contributed by atoms with van der Waals surface area (Å²) < 4.78 is 9.39. The maximum absolute atomic E-state index is 7.08. The average molecular weight is 679 g/mol. The van der Waals surface area contributed by atoms with E-state index >= 15 is 0 Å². The van der Waals surface area contributed by atoms with Crippen LogP contribution in [0, 0.1) is 0 Å². The van der Waals surface area contributed by atoms with Gasteiger partial charge in [0, 0.05) is 28.0 Å². The van der Waals surface area contributed by atoms with Gasteiger partial charge in [-0.05, 0) is 88.0 Å². The second kappa shape index (κ2) is 12.9. The van der Waals surface area contributed by atoms with Crippen molar-refractivity contribution in [3.05, 3.63) is 206 Å². The van der Waals surface area contributed by atoms with Crippen LogP contribution in [0.3, 0.4) is 0 Å². The molecule has 3 heteroatoms. The molecule has 0 unspecified atom stereocenters.